The van der Waals surface area contributed by atoms with Crippen molar-refractivity contribution in [2.75, 3.05) is 12.9 Å². The summed E-state index contributed by atoms with van der Waals surface area (Å²) in [5, 5.41) is 0. The maximum absolute atomic E-state index is 10.9. The summed E-state index contributed by atoms with van der Waals surface area (Å²) >= 11 is 0. The lowest BCUT2D eigenvalue weighted by atomic mass is 9.58. The molecule has 0 aliphatic heterocycles. The zero-order valence-electron chi connectivity index (χ0n) is 10.1. The molecule has 0 heterocycles. The third-order valence-electron chi connectivity index (χ3n) is 3.34. The van der Waals surface area contributed by atoms with Crippen molar-refractivity contribution in [2.24, 2.45) is 11.3 Å². The predicted molar refractivity (Wildman–Crippen MR) is 61.1 cm³/mol. The van der Waals surface area contributed by atoms with Crippen LogP contribution in [-0.2, 0) is 14.3 Å². The average molecular weight is 232 g/mol. The highest BCUT2D eigenvalue weighted by molar-refractivity contribution is 7.85. The topological polar surface area (TPSA) is 43.4 Å². The first-order chi connectivity index (χ1) is 6.64. The van der Waals surface area contributed by atoms with Gasteiger partial charge in [-0.1, -0.05) is 25.0 Å². The maximum Gasteiger partial charge on any atom is 0.264 e. The summed E-state index contributed by atoms with van der Waals surface area (Å²) in [6.45, 7) is 8.81. The fourth-order valence-electron chi connectivity index (χ4n) is 2.20. The molecular formula is C11H20O3S. The van der Waals surface area contributed by atoms with Gasteiger partial charge in [-0.2, -0.15) is 8.42 Å². The minimum Gasteiger partial charge on any atom is -0.270 e. The molecule has 1 unspecified atom stereocenters. The first-order valence-electron chi connectivity index (χ1n) is 5.16. The van der Waals surface area contributed by atoms with E-state index >= 15 is 0 Å². The van der Waals surface area contributed by atoms with Crippen molar-refractivity contribution in [3.63, 3.8) is 0 Å². The first-order valence-corrected chi connectivity index (χ1v) is 6.97. The molecule has 88 valence electrons. The Kier molecular flexibility index (Phi) is 3.31. The lowest BCUT2D eigenvalue weighted by Gasteiger charge is -2.48. The van der Waals surface area contributed by atoms with Crippen LogP contribution in [0.5, 0.6) is 0 Å². The average Bonchev–Trinajstić information content (AvgIpc) is 1.99. The molecule has 0 aromatic rings. The Morgan fingerprint density at radius 1 is 1.47 bits per heavy atom. The van der Waals surface area contributed by atoms with Gasteiger partial charge in [0.25, 0.3) is 10.1 Å². The van der Waals surface area contributed by atoms with Gasteiger partial charge in [0.2, 0.25) is 0 Å². The van der Waals surface area contributed by atoms with Crippen molar-refractivity contribution in [1.29, 1.82) is 0 Å². The molecular weight excluding hydrogens is 212 g/mol. The van der Waals surface area contributed by atoms with Crippen molar-refractivity contribution in [3.05, 3.63) is 11.1 Å². The summed E-state index contributed by atoms with van der Waals surface area (Å²) in [4.78, 5) is 0. The molecule has 0 aromatic carbocycles. The molecule has 0 radical (unpaired) electrons. The second-order valence-corrected chi connectivity index (χ2v) is 6.73. The van der Waals surface area contributed by atoms with Gasteiger partial charge in [-0.15, -0.1) is 0 Å². The van der Waals surface area contributed by atoms with E-state index in [0.717, 1.165) is 12.7 Å². The molecule has 15 heavy (non-hydrogen) atoms. The Morgan fingerprint density at radius 2 is 2.00 bits per heavy atom. The molecule has 0 aromatic heterocycles. The van der Waals surface area contributed by atoms with Gasteiger partial charge in [0.05, 0.1) is 12.9 Å². The van der Waals surface area contributed by atoms with Gasteiger partial charge >= 0.3 is 0 Å². The second-order valence-electron chi connectivity index (χ2n) is 5.09. The lowest BCUT2D eigenvalue weighted by Crippen LogP contribution is -2.41. The zero-order valence-corrected chi connectivity index (χ0v) is 10.9. The highest BCUT2D eigenvalue weighted by atomic mass is 32.2. The van der Waals surface area contributed by atoms with Crippen molar-refractivity contribution in [2.45, 2.75) is 34.1 Å². The molecule has 1 rings (SSSR count). The summed E-state index contributed by atoms with van der Waals surface area (Å²) in [7, 11) is -3.30. The zero-order chi connectivity index (χ0) is 11.9. The molecule has 1 atom stereocenters. The highest BCUT2D eigenvalue weighted by Gasteiger charge is 2.44. The monoisotopic (exact) mass is 232 g/mol. The molecule has 1 fully saturated rings. The second kappa shape index (κ2) is 3.91. The molecule has 0 saturated heterocycles. The smallest absolute Gasteiger partial charge is 0.264 e. The van der Waals surface area contributed by atoms with E-state index in [0.29, 0.717) is 12.5 Å². The van der Waals surface area contributed by atoms with Crippen LogP contribution in [0, 0.1) is 11.3 Å². The first kappa shape index (κ1) is 12.7. The van der Waals surface area contributed by atoms with Gasteiger partial charge in [-0.25, -0.2) is 0 Å². The van der Waals surface area contributed by atoms with Crippen LogP contribution >= 0.6 is 0 Å². The molecule has 1 saturated carbocycles. The molecule has 4 heteroatoms. The fraction of sp³-hybridized carbons (Fsp3) is 0.818. The predicted octanol–water partition coefficient (Wildman–Crippen LogP) is 2.35. The minimum absolute atomic E-state index is 0.0868. The van der Waals surface area contributed by atoms with Gasteiger partial charge in [-0.05, 0) is 31.6 Å². The molecule has 0 N–H and O–H groups in total. The van der Waals surface area contributed by atoms with Crippen molar-refractivity contribution >= 4 is 10.1 Å². The van der Waals surface area contributed by atoms with Crippen LogP contribution in [0.15, 0.2) is 11.1 Å². The summed E-state index contributed by atoms with van der Waals surface area (Å²) in [5.41, 5.74) is 2.86. The van der Waals surface area contributed by atoms with Gasteiger partial charge in [0.1, 0.15) is 0 Å². The fourth-order valence-corrected chi connectivity index (χ4v) is 2.61. The Morgan fingerprint density at radius 3 is 2.33 bits per heavy atom. The molecule has 0 amide bonds. The number of hydrogen-bond donors (Lipinski definition) is 0. The van der Waals surface area contributed by atoms with Crippen LogP contribution in [0.1, 0.15) is 34.1 Å². The van der Waals surface area contributed by atoms with Gasteiger partial charge in [0, 0.05) is 0 Å². The molecule has 0 spiro atoms. The minimum atomic E-state index is -3.30. The Hall–Kier alpha value is -0.350. The Balaban J connectivity index is 2.61. The summed E-state index contributed by atoms with van der Waals surface area (Å²) in [6.07, 6.45) is 2.06. The van der Waals surface area contributed by atoms with Crippen LogP contribution in [0.2, 0.25) is 0 Å². The van der Waals surface area contributed by atoms with Crippen LogP contribution in [0.4, 0.5) is 0 Å². The third kappa shape index (κ3) is 2.82. The van der Waals surface area contributed by atoms with Crippen LogP contribution in [-0.4, -0.2) is 21.3 Å². The third-order valence-corrected chi connectivity index (χ3v) is 3.90. The quantitative estimate of drug-likeness (QED) is 0.554. The van der Waals surface area contributed by atoms with Crippen LogP contribution < -0.4 is 0 Å². The van der Waals surface area contributed by atoms with E-state index in [2.05, 4.69) is 27.7 Å². The standard InChI is InChI=1S/C11H20O3S/c1-8(2)10-6-9(11(10,3)4)7-14-15(5,12)13/h9H,6-7H2,1-5H3. The number of hydrogen-bond acceptors (Lipinski definition) is 3. The van der Waals surface area contributed by atoms with E-state index in [-0.39, 0.29) is 5.41 Å². The SMILES string of the molecule is CC(C)=C1CC(COS(C)(=O)=O)C1(C)C. The van der Waals surface area contributed by atoms with E-state index < -0.39 is 10.1 Å². The highest BCUT2D eigenvalue weighted by Crippen LogP contribution is 2.52. The van der Waals surface area contributed by atoms with Gasteiger partial charge < -0.3 is 0 Å². The van der Waals surface area contributed by atoms with Crippen molar-refractivity contribution in [3.8, 4) is 0 Å². The van der Waals surface area contributed by atoms with E-state index in [1.807, 2.05) is 0 Å². The number of rotatable bonds is 3. The van der Waals surface area contributed by atoms with Crippen LogP contribution in [0.25, 0.3) is 0 Å². The Labute approximate surface area is 92.6 Å². The van der Waals surface area contributed by atoms with Crippen LogP contribution in [0.3, 0.4) is 0 Å². The van der Waals surface area contributed by atoms with Gasteiger partial charge in [0.15, 0.2) is 0 Å². The molecule has 1 aliphatic rings. The molecule has 0 bridgehead atoms. The van der Waals surface area contributed by atoms with Crippen molar-refractivity contribution < 1.29 is 12.6 Å². The van der Waals surface area contributed by atoms with E-state index in [1.165, 1.54) is 11.1 Å². The maximum atomic E-state index is 10.9. The molecule has 3 nitrogen and oxygen atoms in total. The number of allylic oxidation sites excluding steroid dienone is 2. The summed E-state index contributed by atoms with van der Waals surface area (Å²) < 4.78 is 26.6. The van der Waals surface area contributed by atoms with E-state index in [1.54, 1.807) is 0 Å². The Bertz CT molecular complexity index is 373. The van der Waals surface area contributed by atoms with Gasteiger partial charge in [-0.3, -0.25) is 4.18 Å². The largest absolute Gasteiger partial charge is 0.270 e. The van der Waals surface area contributed by atoms with E-state index in [9.17, 15) is 8.42 Å². The lowest BCUT2D eigenvalue weighted by molar-refractivity contribution is 0.0991. The normalized spacial score (nSPS) is 24.9. The summed E-state index contributed by atoms with van der Waals surface area (Å²) in [6, 6.07) is 0. The van der Waals surface area contributed by atoms with Crippen molar-refractivity contribution in [1.82, 2.24) is 0 Å². The summed E-state index contributed by atoms with van der Waals surface area (Å²) in [5.74, 6) is 0.317. The van der Waals surface area contributed by atoms with E-state index in [4.69, 9.17) is 4.18 Å². The molecule has 1 aliphatic carbocycles.